The average Bonchev–Trinajstić information content (AvgIpc) is 2.87. The average molecular weight is 358 g/mol. The Bertz CT molecular complexity index is 762. The summed E-state index contributed by atoms with van der Waals surface area (Å²) in [4.78, 5) is 50.0. The predicted octanol–water partition coefficient (Wildman–Crippen LogP) is -0.0837. The van der Waals surface area contributed by atoms with Crippen molar-refractivity contribution in [3.05, 3.63) is 34.9 Å². The van der Waals surface area contributed by atoms with Crippen LogP contribution in [0.2, 0.25) is 0 Å². The molecule has 1 aromatic carbocycles. The van der Waals surface area contributed by atoms with Crippen molar-refractivity contribution in [3.63, 3.8) is 0 Å². The Labute approximate surface area is 151 Å². The summed E-state index contributed by atoms with van der Waals surface area (Å²) in [5.41, 5.74) is 6.84. The lowest BCUT2D eigenvalue weighted by Gasteiger charge is -2.27. The number of benzene rings is 1. The standard InChI is InChI=1S/C18H22N4O4/c19-8-1-2-9-20-10-11-4-3-5-12-15(11)18(26)22(17(12)25)13-6-7-14(23)21-16(13)24/h3-5,13,20H,1-2,6-10,19H2,(H,21,23,24). The first-order chi connectivity index (χ1) is 12.5. The van der Waals surface area contributed by atoms with Crippen LogP contribution in [-0.2, 0) is 16.1 Å². The fourth-order valence-corrected chi connectivity index (χ4v) is 3.35. The molecule has 2 heterocycles. The van der Waals surface area contributed by atoms with Gasteiger partial charge in [0.25, 0.3) is 11.8 Å². The molecule has 0 spiro atoms. The van der Waals surface area contributed by atoms with Gasteiger partial charge in [-0.15, -0.1) is 0 Å². The van der Waals surface area contributed by atoms with Gasteiger partial charge in [-0.05, 0) is 44.0 Å². The van der Waals surface area contributed by atoms with E-state index in [2.05, 4.69) is 10.6 Å². The third kappa shape index (κ3) is 3.38. The molecule has 3 rings (SSSR count). The van der Waals surface area contributed by atoms with Gasteiger partial charge >= 0.3 is 0 Å². The number of carbonyl (C=O) groups excluding carboxylic acids is 4. The van der Waals surface area contributed by atoms with Gasteiger partial charge in [0.05, 0.1) is 11.1 Å². The summed E-state index contributed by atoms with van der Waals surface area (Å²) in [6.45, 7) is 1.85. The smallest absolute Gasteiger partial charge is 0.262 e. The van der Waals surface area contributed by atoms with Crippen LogP contribution in [-0.4, -0.2) is 47.7 Å². The number of imide groups is 2. The van der Waals surface area contributed by atoms with Crippen LogP contribution in [0.15, 0.2) is 18.2 Å². The van der Waals surface area contributed by atoms with Crippen molar-refractivity contribution in [3.8, 4) is 0 Å². The quantitative estimate of drug-likeness (QED) is 0.463. The van der Waals surface area contributed by atoms with Gasteiger partial charge in [-0.1, -0.05) is 12.1 Å². The monoisotopic (exact) mass is 358 g/mol. The van der Waals surface area contributed by atoms with Crippen molar-refractivity contribution in [1.82, 2.24) is 15.5 Å². The normalized spacial score (nSPS) is 19.7. The first-order valence-corrected chi connectivity index (χ1v) is 8.79. The highest BCUT2D eigenvalue weighted by molar-refractivity contribution is 6.24. The number of nitrogens with zero attached hydrogens (tertiary/aromatic N) is 1. The molecule has 2 aliphatic rings. The minimum absolute atomic E-state index is 0.110. The zero-order valence-corrected chi connectivity index (χ0v) is 14.4. The zero-order valence-electron chi connectivity index (χ0n) is 14.4. The second-order valence-electron chi connectivity index (χ2n) is 6.46. The molecule has 1 unspecified atom stereocenters. The number of hydrogen-bond donors (Lipinski definition) is 3. The van der Waals surface area contributed by atoms with Crippen molar-refractivity contribution in [2.24, 2.45) is 5.73 Å². The van der Waals surface area contributed by atoms with Crippen LogP contribution in [0.5, 0.6) is 0 Å². The molecule has 0 aromatic heterocycles. The van der Waals surface area contributed by atoms with Crippen LogP contribution in [0, 0.1) is 0 Å². The SMILES string of the molecule is NCCCCNCc1cccc2c1C(=O)N(C1CCC(=O)NC1=O)C2=O. The Morgan fingerprint density at radius 2 is 1.96 bits per heavy atom. The highest BCUT2D eigenvalue weighted by Crippen LogP contribution is 2.29. The number of unbranched alkanes of at least 4 members (excludes halogenated alkanes) is 1. The minimum atomic E-state index is -0.939. The van der Waals surface area contributed by atoms with Gasteiger partial charge in [0.15, 0.2) is 0 Å². The van der Waals surface area contributed by atoms with Crippen molar-refractivity contribution in [2.45, 2.75) is 38.3 Å². The minimum Gasteiger partial charge on any atom is -0.330 e. The molecule has 8 nitrogen and oxygen atoms in total. The van der Waals surface area contributed by atoms with E-state index in [0.717, 1.165) is 29.8 Å². The van der Waals surface area contributed by atoms with Crippen LogP contribution < -0.4 is 16.4 Å². The second kappa shape index (κ2) is 7.76. The maximum atomic E-state index is 12.9. The predicted molar refractivity (Wildman–Crippen MR) is 93.1 cm³/mol. The van der Waals surface area contributed by atoms with Gasteiger partial charge in [-0.3, -0.25) is 29.4 Å². The molecule has 0 saturated carbocycles. The van der Waals surface area contributed by atoms with E-state index in [1.54, 1.807) is 18.2 Å². The number of nitrogens with two attached hydrogens (primary N) is 1. The van der Waals surface area contributed by atoms with Crippen LogP contribution in [0.25, 0.3) is 0 Å². The fourth-order valence-electron chi connectivity index (χ4n) is 3.35. The molecular weight excluding hydrogens is 336 g/mol. The van der Waals surface area contributed by atoms with Gasteiger partial charge in [0.2, 0.25) is 11.8 Å². The lowest BCUT2D eigenvalue weighted by atomic mass is 10.0. The third-order valence-corrected chi connectivity index (χ3v) is 4.68. The van der Waals surface area contributed by atoms with Crippen molar-refractivity contribution in [2.75, 3.05) is 13.1 Å². The van der Waals surface area contributed by atoms with Gasteiger partial charge < -0.3 is 11.1 Å². The van der Waals surface area contributed by atoms with E-state index in [9.17, 15) is 19.2 Å². The molecule has 1 atom stereocenters. The van der Waals surface area contributed by atoms with E-state index >= 15 is 0 Å². The van der Waals surface area contributed by atoms with E-state index in [1.165, 1.54) is 0 Å². The van der Waals surface area contributed by atoms with E-state index in [4.69, 9.17) is 5.73 Å². The molecule has 26 heavy (non-hydrogen) atoms. The number of fused-ring (bicyclic) bond motifs is 1. The highest BCUT2D eigenvalue weighted by Gasteiger charge is 2.45. The first kappa shape index (κ1) is 18.2. The molecule has 0 radical (unpaired) electrons. The maximum absolute atomic E-state index is 12.9. The Morgan fingerprint density at radius 3 is 2.69 bits per heavy atom. The number of hydrogen-bond acceptors (Lipinski definition) is 6. The van der Waals surface area contributed by atoms with Crippen molar-refractivity contribution < 1.29 is 19.2 Å². The van der Waals surface area contributed by atoms with Crippen molar-refractivity contribution in [1.29, 1.82) is 0 Å². The van der Waals surface area contributed by atoms with Crippen molar-refractivity contribution >= 4 is 23.6 Å². The van der Waals surface area contributed by atoms with Crippen LogP contribution >= 0.6 is 0 Å². The number of amides is 4. The molecule has 0 aliphatic carbocycles. The number of carbonyl (C=O) groups is 4. The fraction of sp³-hybridized carbons (Fsp3) is 0.444. The summed E-state index contributed by atoms with van der Waals surface area (Å²) >= 11 is 0. The summed E-state index contributed by atoms with van der Waals surface area (Å²) in [7, 11) is 0. The zero-order chi connectivity index (χ0) is 18.7. The van der Waals surface area contributed by atoms with Gasteiger partial charge in [0.1, 0.15) is 6.04 Å². The molecule has 8 heteroatoms. The summed E-state index contributed by atoms with van der Waals surface area (Å²) in [6, 6.07) is 4.19. The largest absolute Gasteiger partial charge is 0.330 e. The van der Waals surface area contributed by atoms with E-state index in [-0.39, 0.29) is 18.7 Å². The summed E-state index contributed by atoms with van der Waals surface area (Å²) in [5, 5.41) is 5.45. The third-order valence-electron chi connectivity index (χ3n) is 4.68. The molecular formula is C18H22N4O4. The Balaban J connectivity index is 1.78. The molecule has 0 bridgehead atoms. The maximum Gasteiger partial charge on any atom is 0.262 e. The Morgan fingerprint density at radius 1 is 1.15 bits per heavy atom. The lowest BCUT2D eigenvalue weighted by molar-refractivity contribution is -0.136. The van der Waals surface area contributed by atoms with Gasteiger partial charge in [-0.25, -0.2) is 0 Å². The van der Waals surface area contributed by atoms with E-state index < -0.39 is 23.8 Å². The Kier molecular flexibility index (Phi) is 5.43. The molecule has 4 N–H and O–H groups in total. The number of piperidine rings is 1. The molecule has 1 fully saturated rings. The number of nitrogens with one attached hydrogen (secondary N) is 2. The topological polar surface area (TPSA) is 122 Å². The van der Waals surface area contributed by atoms with E-state index in [0.29, 0.717) is 24.2 Å². The molecule has 4 amide bonds. The lowest BCUT2D eigenvalue weighted by Crippen LogP contribution is -2.54. The van der Waals surface area contributed by atoms with Crippen LogP contribution in [0.3, 0.4) is 0 Å². The summed E-state index contributed by atoms with van der Waals surface area (Å²) in [6.07, 6.45) is 2.11. The Hall–Kier alpha value is -2.58. The molecule has 1 saturated heterocycles. The molecule has 2 aliphatic heterocycles. The second-order valence-corrected chi connectivity index (χ2v) is 6.46. The van der Waals surface area contributed by atoms with E-state index in [1.807, 2.05) is 0 Å². The summed E-state index contributed by atoms with van der Waals surface area (Å²) < 4.78 is 0. The van der Waals surface area contributed by atoms with Gasteiger partial charge in [-0.2, -0.15) is 0 Å². The van der Waals surface area contributed by atoms with Crippen LogP contribution in [0.4, 0.5) is 0 Å². The number of rotatable bonds is 7. The molecule has 1 aromatic rings. The van der Waals surface area contributed by atoms with Crippen LogP contribution in [0.1, 0.15) is 52.0 Å². The first-order valence-electron chi connectivity index (χ1n) is 8.79. The van der Waals surface area contributed by atoms with Gasteiger partial charge in [0, 0.05) is 13.0 Å². The summed E-state index contributed by atoms with van der Waals surface area (Å²) in [5.74, 6) is -1.94. The molecule has 138 valence electrons. The highest BCUT2D eigenvalue weighted by atomic mass is 16.2.